The van der Waals surface area contributed by atoms with Gasteiger partial charge in [-0.25, -0.2) is 0 Å². The van der Waals surface area contributed by atoms with Crippen molar-refractivity contribution in [2.24, 2.45) is 0 Å². The van der Waals surface area contributed by atoms with Gasteiger partial charge in [0.1, 0.15) is 11.2 Å². The molecule has 10 aromatic rings. The molecule has 0 bridgehead atoms. The van der Waals surface area contributed by atoms with Crippen LogP contribution in [-0.2, 0) is 0 Å². The second-order valence-electron chi connectivity index (χ2n) is 12.8. The van der Waals surface area contributed by atoms with Crippen LogP contribution in [0.15, 0.2) is 186 Å². The summed E-state index contributed by atoms with van der Waals surface area (Å²) in [7, 11) is 0. The molecule has 1 aromatic heterocycles. The molecule has 0 amide bonds. The third kappa shape index (κ3) is 4.47. The summed E-state index contributed by atoms with van der Waals surface area (Å²) in [5, 5.41) is 9.75. The van der Waals surface area contributed by atoms with E-state index in [4.69, 9.17) is 4.42 Å². The van der Waals surface area contributed by atoms with Crippen LogP contribution < -0.4 is 0 Å². The maximum atomic E-state index is 6.49. The van der Waals surface area contributed by atoms with Crippen molar-refractivity contribution in [3.05, 3.63) is 182 Å². The highest BCUT2D eigenvalue weighted by molar-refractivity contribution is 6.25. The second-order valence-corrected chi connectivity index (χ2v) is 12.8. The molecular formula is C48H30O. The molecule has 228 valence electrons. The lowest BCUT2D eigenvalue weighted by atomic mass is 9.84. The van der Waals surface area contributed by atoms with Crippen molar-refractivity contribution in [3.63, 3.8) is 0 Å². The van der Waals surface area contributed by atoms with E-state index in [1.807, 2.05) is 0 Å². The number of furan rings is 1. The van der Waals surface area contributed by atoms with Crippen LogP contribution in [0.5, 0.6) is 0 Å². The van der Waals surface area contributed by atoms with E-state index in [0.717, 1.165) is 21.9 Å². The third-order valence-electron chi connectivity index (χ3n) is 10.1. The summed E-state index contributed by atoms with van der Waals surface area (Å²) >= 11 is 0. The highest BCUT2D eigenvalue weighted by Gasteiger charge is 2.20. The zero-order chi connectivity index (χ0) is 32.3. The Bertz CT molecular complexity index is 2800. The van der Waals surface area contributed by atoms with Gasteiger partial charge in [-0.2, -0.15) is 0 Å². The summed E-state index contributed by atoms with van der Waals surface area (Å²) in [4.78, 5) is 0. The van der Waals surface area contributed by atoms with Gasteiger partial charge in [0.05, 0.1) is 0 Å². The van der Waals surface area contributed by atoms with Crippen molar-refractivity contribution >= 4 is 54.3 Å². The lowest BCUT2D eigenvalue weighted by Gasteiger charge is -2.18. The SMILES string of the molecule is c1ccc(-c2ccc3oc4cccc(-c5c6ccccc6c(-c6ccc(-c7ccc8ccccc8c7)cc6)c6ccccc56)c4c3c2)cc1. The lowest BCUT2D eigenvalue weighted by Crippen LogP contribution is -1.91. The highest BCUT2D eigenvalue weighted by Crippen LogP contribution is 2.47. The zero-order valence-electron chi connectivity index (χ0n) is 26.7. The maximum Gasteiger partial charge on any atom is 0.136 e. The standard InChI is InChI=1S/C48H30O/c1-2-11-31(12-3-1)37-27-28-44-43(30-37)48-42(19-10-20-45(48)49-44)47-40-17-8-6-15-38(40)46(39-16-7-9-18-41(39)47)34-24-21-33(22-25-34)36-26-23-32-13-4-5-14-35(32)29-36/h1-30H. The van der Waals surface area contributed by atoms with E-state index >= 15 is 0 Å². The predicted molar refractivity (Wildman–Crippen MR) is 208 cm³/mol. The molecule has 0 N–H and O–H groups in total. The molecule has 1 nitrogen and oxygen atoms in total. The van der Waals surface area contributed by atoms with Gasteiger partial charge >= 0.3 is 0 Å². The van der Waals surface area contributed by atoms with E-state index in [1.165, 1.54) is 76.8 Å². The Kier molecular flexibility index (Phi) is 6.25. The quantitative estimate of drug-likeness (QED) is 0.178. The van der Waals surface area contributed by atoms with Crippen LogP contribution in [0.3, 0.4) is 0 Å². The predicted octanol–water partition coefficient (Wildman–Crippen LogP) is 13.7. The van der Waals surface area contributed by atoms with Gasteiger partial charge in [-0.15, -0.1) is 0 Å². The summed E-state index contributed by atoms with van der Waals surface area (Å²) in [5.74, 6) is 0. The second kappa shape index (κ2) is 11.1. The van der Waals surface area contributed by atoms with Crippen molar-refractivity contribution in [1.29, 1.82) is 0 Å². The Hall–Kier alpha value is -6.44. The Morgan fingerprint density at radius 2 is 0.837 bits per heavy atom. The minimum atomic E-state index is 0.902. The van der Waals surface area contributed by atoms with Crippen molar-refractivity contribution < 1.29 is 4.42 Å². The van der Waals surface area contributed by atoms with Gasteiger partial charge in [0.25, 0.3) is 0 Å². The molecule has 9 aromatic carbocycles. The summed E-state index contributed by atoms with van der Waals surface area (Å²) < 4.78 is 6.49. The number of benzene rings is 9. The summed E-state index contributed by atoms with van der Waals surface area (Å²) in [6.07, 6.45) is 0. The van der Waals surface area contributed by atoms with Crippen molar-refractivity contribution in [2.45, 2.75) is 0 Å². The van der Waals surface area contributed by atoms with Gasteiger partial charge in [-0.1, -0.05) is 158 Å². The Morgan fingerprint density at radius 3 is 1.57 bits per heavy atom. The first-order chi connectivity index (χ1) is 24.3. The summed E-state index contributed by atoms with van der Waals surface area (Å²) in [6, 6.07) is 65.7. The molecule has 10 rings (SSSR count). The van der Waals surface area contributed by atoms with Crippen LogP contribution in [-0.4, -0.2) is 0 Å². The molecule has 49 heavy (non-hydrogen) atoms. The zero-order valence-corrected chi connectivity index (χ0v) is 26.7. The van der Waals surface area contributed by atoms with Gasteiger partial charge in [0.15, 0.2) is 0 Å². The Morgan fingerprint density at radius 1 is 0.286 bits per heavy atom. The first-order valence-corrected chi connectivity index (χ1v) is 16.8. The average Bonchev–Trinajstić information content (AvgIpc) is 3.56. The molecule has 0 atom stereocenters. The maximum absolute atomic E-state index is 6.49. The first-order valence-electron chi connectivity index (χ1n) is 16.8. The number of hydrogen-bond acceptors (Lipinski definition) is 1. The molecule has 1 heterocycles. The fraction of sp³-hybridized carbons (Fsp3) is 0. The largest absolute Gasteiger partial charge is 0.456 e. The van der Waals surface area contributed by atoms with Crippen LogP contribution >= 0.6 is 0 Å². The topological polar surface area (TPSA) is 13.1 Å². The van der Waals surface area contributed by atoms with Crippen molar-refractivity contribution in [2.75, 3.05) is 0 Å². The van der Waals surface area contributed by atoms with E-state index in [2.05, 4.69) is 182 Å². The molecule has 0 aliphatic heterocycles. The van der Waals surface area contributed by atoms with E-state index in [0.29, 0.717) is 0 Å². The molecule has 0 radical (unpaired) electrons. The smallest absolute Gasteiger partial charge is 0.136 e. The molecule has 0 aliphatic carbocycles. The minimum absolute atomic E-state index is 0.902. The summed E-state index contributed by atoms with van der Waals surface area (Å²) in [6.45, 7) is 0. The van der Waals surface area contributed by atoms with Crippen LogP contribution in [0.1, 0.15) is 0 Å². The van der Waals surface area contributed by atoms with E-state index in [9.17, 15) is 0 Å². The molecule has 0 aliphatic rings. The van der Waals surface area contributed by atoms with Gasteiger partial charge in [0.2, 0.25) is 0 Å². The molecular weight excluding hydrogens is 593 g/mol. The van der Waals surface area contributed by atoms with Crippen molar-refractivity contribution in [1.82, 2.24) is 0 Å². The van der Waals surface area contributed by atoms with Crippen molar-refractivity contribution in [3.8, 4) is 44.5 Å². The molecule has 0 saturated heterocycles. The number of fused-ring (bicyclic) bond motifs is 6. The van der Waals surface area contributed by atoms with Gasteiger partial charge in [0, 0.05) is 10.8 Å². The minimum Gasteiger partial charge on any atom is -0.456 e. The van der Waals surface area contributed by atoms with Gasteiger partial charge in [-0.05, 0) is 101 Å². The molecule has 0 unspecified atom stereocenters. The van der Waals surface area contributed by atoms with Crippen LogP contribution in [0, 0.1) is 0 Å². The number of rotatable bonds is 4. The fourth-order valence-electron chi connectivity index (χ4n) is 7.77. The Balaban J connectivity index is 1.20. The molecule has 1 heteroatoms. The van der Waals surface area contributed by atoms with E-state index in [1.54, 1.807) is 0 Å². The monoisotopic (exact) mass is 622 g/mol. The van der Waals surface area contributed by atoms with Gasteiger partial charge < -0.3 is 4.42 Å². The van der Waals surface area contributed by atoms with Crippen LogP contribution in [0.2, 0.25) is 0 Å². The fourth-order valence-corrected chi connectivity index (χ4v) is 7.77. The van der Waals surface area contributed by atoms with Gasteiger partial charge in [-0.3, -0.25) is 0 Å². The van der Waals surface area contributed by atoms with Crippen LogP contribution in [0.4, 0.5) is 0 Å². The highest BCUT2D eigenvalue weighted by atomic mass is 16.3. The van der Waals surface area contributed by atoms with Crippen LogP contribution in [0.25, 0.3) is 98.8 Å². The first kappa shape index (κ1) is 27.7. The van der Waals surface area contributed by atoms with E-state index in [-0.39, 0.29) is 0 Å². The summed E-state index contributed by atoms with van der Waals surface area (Å²) in [5.41, 5.74) is 11.5. The van der Waals surface area contributed by atoms with E-state index < -0.39 is 0 Å². The molecule has 0 saturated carbocycles. The average molecular weight is 623 g/mol. The molecule has 0 spiro atoms. The molecule has 0 fully saturated rings. The lowest BCUT2D eigenvalue weighted by molar-refractivity contribution is 0.669. The Labute approximate surface area is 284 Å². The number of hydrogen-bond donors (Lipinski definition) is 0. The third-order valence-corrected chi connectivity index (χ3v) is 10.1. The normalized spacial score (nSPS) is 11.7.